The minimum atomic E-state index is 0.593. The molecule has 0 amide bonds. The molecule has 0 atom stereocenters. The van der Waals surface area contributed by atoms with Crippen molar-refractivity contribution in [1.82, 2.24) is 0 Å². The Morgan fingerprint density at radius 1 is 1.31 bits per heavy atom. The highest BCUT2D eigenvalue weighted by molar-refractivity contribution is 5.34. The van der Waals surface area contributed by atoms with E-state index in [1.807, 2.05) is 25.1 Å². The van der Waals surface area contributed by atoms with Crippen molar-refractivity contribution in [2.75, 3.05) is 14.2 Å². The molecule has 0 radical (unpaired) electrons. The molecule has 0 aromatic heterocycles. The molecule has 74 valence electrons. The minimum absolute atomic E-state index is 0.593. The summed E-state index contributed by atoms with van der Waals surface area (Å²) in [5, 5.41) is 0. The van der Waals surface area contributed by atoms with Crippen LogP contribution >= 0.6 is 0 Å². The van der Waals surface area contributed by atoms with Gasteiger partial charge < -0.3 is 16.2 Å². The molecule has 0 aliphatic heterocycles. The minimum Gasteiger partial charge on any atom is -0.497 e. The third kappa shape index (κ3) is 3.44. The fraction of sp³-hybridized carbons (Fsp3) is 0.400. The van der Waals surface area contributed by atoms with E-state index in [0.29, 0.717) is 6.54 Å². The Balaban J connectivity index is 0.000000671. The fourth-order valence-electron chi connectivity index (χ4n) is 1.02. The second kappa shape index (κ2) is 6.46. The summed E-state index contributed by atoms with van der Waals surface area (Å²) in [5.41, 5.74) is 12.4. The van der Waals surface area contributed by atoms with Gasteiger partial charge in [0.2, 0.25) is 0 Å². The van der Waals surface area contributed by atoms with Crippen LogP contribution in [0.5, 0.6) is 5.75 Å². The van der Waals surface area contributed by atoms with E-state index in [2.05, 4.69) is 5.73 Å². The van der Waals surface area contributed by atoms with Crippen LogP contribution in [0.2, 0.25) is 0 Å². The zero-order valence-corrected chi connectivity index (χ0v) is 8.50. The maximum Gasteiger partial charge on any atom is 0.119 e. The van der Waals surface area contributed by atoms with Crippen molar-refractivity contribution in [2.45, 2.75) is 13.5 Å². The van der Waals surface area contributed by atoms with Gasteiger partial charge in [-0.15, -0.1) is 0 Å². The first-order chi connectivity index (χ1) is 6.27. The van der Waals surface area contributed by atoms with E-state index < -0.39 is 0 Å². The maximum absolute atomic E-state index is 5.50. The molecule has 0 spiro atoms. The fourth-order valence-corrected chi connectivity index (χ4v) is 1.02. The zero-order valence-electron chi connectivity index (χ0n) is 8.50. The highest BCUT2D eigenvalue weighted by Crippen LogP contribution is 2.15. The van der Waals surface area contributed by atoms with Crippen LogP contribution in [0.1, 0.15) is 11.1 Å². The molecular formula is C10H18N2O. The van der Waals surface area contributed by atoms with Gasteiger partial charge in [0.1, 0.15) is 5.75 Å². The Kier molecular flexibility index (Phi) is 5.93. The third-order valence-electron chi connectivity index (χ3n) is 1.77. The van der Waals surface area contributed by atoms with Crippen LogP contribution in [0.4, 0.5) is 0 Å². The summed E-state index contributed by atoms with van der Waals surface area (Å²) in [7, 11) is 3.16. The van der Waals surface area contributed by atoms with Gasteiger partial charge in [-0.2, -0.15) is 0 Å². The lowest BCUT2D eigenvalue weighted by Gasteiger charge is -2.04. The number of methoxy groups -OCH3 is 1. The first-order valence-corrected chi connectivity index (χ1v) is 4.19. The molecule has 0 fully saturated rings. The van der Waals surface area contributed by atoms with Crippen LogP contribution in [-0.2, 0) is 6.54 Å². The van der Waals surface area contributed by atoms with Gasteiger partial charge >= 0.3 is 0 Å². The van der Waals surface area contributed by atoms with E-state index in [1.54, 1.807) is 7.11 Å². The lowest BCUT2D eigenvalue weighted by molar-refractivity contribution is 0.414. The molecule has 4 N–H and O–H groups in total. The molecule has 0 heterocycles. The summed E-state index contributed by atoms with van der Waals surface area (Å²) in [6.07, 6.45) is 0. The summed E-state index contributed by atoms with van der Waals surface area (Å²) in [5.74, 6) is 0.889. The smallest absolute Gasteiger partial charge is 0.119 e. The number of hydrogen-bond acceptors (Lipinski definition) is 3. The van der Waals surface area contributed by atoms with E-state index in [0.717, 1.165) is 5.75 Å². The Labute approximate surface area is 79.7 Å². The Bertz CT molecular complexity index is 249. The highest BCUT2D eigenvalue weighted by atomic mass is 16.5. The van der Waals surface area contributed by atoms with Crippen molar-refractivity contribution in [1.29, 1.82) is 0 Å². The molecule has 0 aliphatic carbocycles. The van der Waals surface area contributed by atoms with Gasteiger partial charge in [-0.1, -0.05) is 6.07 Å². The zero-order chi connectivity index (χ0) is 10.3. The van der Waals surface area contributed by atoms with Gasteiger partial charge in [0.05, 0.1) is 7.11 Å². The van der Waals surface area contributed by atoms with Crippen molar-refractivity contribution in [3.05, 3.63) is 29.3 Å². The molecule has 0 saturated heterocycles. The van der Waals surface area contributed by atoms with Gasteiger partial charge in [0, 0.05) is 6.54 Å². The first kappa shape index (κ1) is 11.9. The van der Waals surface area contributed by atoms with Crippen LogP contribution in [0.25, 0.3) is 0 Å². The largest absolute Gasteiger partial charge is 0.497 e. The van der Waals surface area contributed by atoms with Gasteiger partial charge in [-0.25, -0.2) is 0 Å². The summed E-state index contributed by atoms with van der Waals surface area (Å²) < 4.78 is 5.05. The van der Waals surface area contributed by atoms with Crippen molar-refractivity contribution >= 4 is 0 Å². The van der Waals surface area contributed by atoms with Crippen LogP contribution in [0.15, 0.2) is 18.2 Å². The van der Waals surface area contributed by atoms with Crippen molar-refractivity contribution in [2.24, 2.45) is 11.5 Å². The second-order valence-corrected chi connectivity index (χ2v) is 2.50. The topological polar surface area (TPSA) is 61.3 Å². The predicted molar refractivity (Wildman–Crippen MR) is 55.7 cm³/mol. The van der Waals surface area contributed by atoms with Crippen LogP contribution < -0.4 is 16.2 Å². The lowest BCUT2D eigenvalue weighted by atomic mass is 10.1. The molecule has 0 aliphatic rings. The molecule has 13 heavy (non-hydrogen) atoms. The molecule has 1 rings (SSSR count). The van der Waals surface area contributed by atoms with Crippen molar-refractivity contribution < 1.29 is 4.74 Å². The quantitative estimate of drug-likeness (QED) is 0.718. The molecule has 1 aromatic rings. The maximum atomic E-state index is 5.50. The van der Waals surface area contributed by atoms with Crippen LogP contribution in [0, 0.1) is 6.92 Å². The SMILES string of the molecule is CN.COc1ccc(CN)c(C)c1. The van der Waals surface area contributed by atoms with Gasteiger partial charge in [0.15, 0.2) is 0 Å². The number of hydrogen-bond donors (Lipinski definition) is 2. The molecular weight excluding hydrogens is 164 g/mol. The monoisotopic (exact) mass is 182 g/mol. The number of rotatable bonds is 2. The van der Waals surface area contributed by atoms with Gasteiger partial charge in [-0.3, -0.25) is 0 Å². The molecule has 1 aromatic carbocycles. The van der Waals surface area contributed by atoms with Gasteiger partial charge in [0.25, 0.3) is 0 Å². The van der Waals surface area contributed by atoms with Crippen LogP contribution in [-0.4, -0.2) is 14.2 Å². The highest BCUT2D eigenvalue weighted by Gasteiger charge is 1.96. The molecule has 3 heteroatoms. The number of benzene rings is 1. The molecule has 3 nitrogen and oxygen atoms in total. The lowest BCUT2D eigenvalue weighted by Crippen LogP contribution is -1.98. The van der Waals surface area contributed by atoms with E-state index in [-0.39, 0.29) is 0 Å². The van der Waals surface area contributed by atoms with E-state index >= 15 is 0 Å². The summed E-state index contributed by atoms with van der Waals surface area (Å²) in [4.78, 5) is 0. The molecule has 0 unspecified atom stereocenters. The third-order valence-corrected chi connectivity index (χ3v) is 1.77. The molecule has 0 saturated carbocycles. The standard InChI is InChI=1S/C9H13NO.CH5N/c1-7-5-9(11-2)4-3-8(7)6-10;1-2/h3-5H,6,10H2,1-2H3;2H2,1H3. The molecule has 0 bridgehead atoms. The van der Waals surface area contributed by atoms with E-state index in [9.17, 15) is 0 Å². The van der Waals surface area contributed by atoms with Crippen molar-refractivity contribution in [3.63, 3.8) is 0 Å². The van der Waals surface area contributed by atoms with Gasteiger partial charge in [-0.05, 0) is 37.2 Å². The number of ether oxygens (including phenoxy) is 1. The average Bonchev–Trinajstić information content (AvgIpc) is 2.20. The Morgan fingerprint density at radius 2 is 1.92 bits per heavy atom. The predicted octanol–water partition coefficient (Wildman–Crippen LogP) is 1.04. The number of nitrogens with two attached hydrogens (primary N) is 2. The normalized spacial score (nSPS) is 8.69. The first-order valence-electron chi connectivity index (χ1n) is 4.19. The summed E-state index contributed by atoms with van der Waals surface area (Å²) >= 11 is 0. The summed E-state index contributed by atoms with van der Waals surface area (Å²) in [6, 6.07) is 5.91. The number of aryl methyl sites for hydroxylation is 1. The van der Waals surface area contributed by atoms with Crippen LogP contribution in [0.3, 0.4) is 0 Å². The Hall–Kier alpha value is -1.06. The van der Waals surface area contributed by atoms with E-state index in [4.69, 9.17) is 10.5 Å². The average molecular weight is 182 g/mol. The second-order valence-electron chi connectivity index (χ2n) is 2.50. The van der Waals surface area contributed by atoms with E-state index in [1.165, 1.54) is 18.2 Å². The van der Waals surface area contributed by atoms with Crippen molar-refractivity contribution in [3.8, 4) is 5.75 Å². The Morgan fingerprint density at radius 3 is 2.31 bits per heavy atom. The summed E-state index contributed by atoms with van der Waals surface area (Å²) in [6.45, 7) is 2.63.